The van der Waals surface area contributed by atoms with Crippen molar-refractivity contribution in [1.29, 1.82) is 0 Å². The van der Waals surface area contributed by atoms with Crippen LogP contribution in [0.3, 0.4) is 0 Å². The van der Waals surface area contributed by atoms with E-state index in [4.69, 9.17) is 11.6 Å². The highest BCUT2D eigenvalue weighted by molar-refractivity contribution is 7.20. The van der Waals surface area contributed by atoms with E-state index in [9.17, 15) is 4.79 Å². The number of rotatable bonds is 3. The molecular formula is C20H16ClN3OS. The molecule has 0 aliphatic heterocycles. The molecule has 0 fully saturated rings. The fraction of sp³-hybridized carbons (Fsp3) is 0.100. The van der Waals surface area contributed by atoms with E-state index in [1.807, 2.05) is 73.1 Å². The Morgan fingerprint density at radius 2 is 1.77 bits per heavy atom. The molecule has 0 aliphatic carbocycles. The molecule has 4 rings (SSSR count). The van der Waals surface area contributed by atoms with E-state index < -0.39 is 0 Å². The number of nitrogens with zero attached hydrogens (tertiary/aromatic N) is 2. The van der Waals surface area contributed by atoms with Gasteiger partial charge in [-0.2, -0.15) is 5.10 Å². The number of halogens is 1. The first kappa shape index (κ1) is 16.8. The van der Waals surface area contributed by atoms with Crippen LogP contribution in [0.2, 0.25) is 5.02 Å². The van der Waals surface area contributed by atoms with E-state index in [-0.39, 0.29) is 5.91 Å². The minimum atomic E-state index is -0.114. The highest BCUT2D eigenvalue weighted by atomic mass is 35.5. The Balaban J connectivity index is 1.69. The van der Waals surface area contributed by atoms with Crippen LogP contribution in [-0.2, 0) is 0 Å². The fourth-order valence-corrected chi connectivity index (χ4v) is 3.95. The zero-order chi connectivity index (χ0) is 18.3. The normalized spacial score (nSPS) is 11.0. The minimum Gasteiger partial charge on any atom is -0.321 e. The second-order valence-corrected chi connectivity index (χ2v) is 7.59. The first-order valence-corrected chi connectivity index (χ1v) is 9.34. The highest BCUT2D eigenvalue weighted by Crippen LogP contribution is 2.31. The Hall–Kier alpha value is -2.63. The van der Waals surface area contributed by atoms with Crippen molar-refractivity contribution in [2.24, 2.45) is 0 Å². The zero-order valence-electron chi connectivity index (χ0n) is 14.3. The molecule has 1 N–H and O–H groups in total. The summed E-state index contributed by atoms with van der Waals surface area (Å²) in [7, 11) is 0. The number of benzene rings is 2. The van der Waals surface area contributed by atoms with Crippen molar-refractivity contribution in [3.05, 3.63) is 75.8 Å². The number of fused-ring (bicyclic) bond motifs is 1. The molecule has 130 valence electrons. The third-order valence-corrected chi connectivity index (χ3v) is 5.51. The Labute approximate surface area is 160 Å². The molecule has 4 nitrogen and oxygen atoms in total. The summed E-state index contributed by atoms with van der Waals surface area (Å²) in [6.07, 6.45) is 0. The minimum absolute atomic E-state index is 0.114. The van der Waals surface area contributed by atoms with Crippen molar-refractivity contribution in [3.8, 4) is 5.69 Å². The van der Waals surface area contributed by atoms with Gasteiger partial charge in [0, 0.05) is 16.1 Å². The van der Waals surface area contributed by atoms with Gasteiger partial charge < -0.3 is 5.32 Å². The first-order chi connectivity index (χ1) is 12.5. The molecule has 2 aromatic heterocycles. The lowest BCUT2D eigenvalue weighted by molar-refractivity contribution is 0.103. The van der Waals surface area contributed by atoms with E-state index in [1.54, 1.807) is 0 Å². The monoisotopic (exact) mass is 381 g/mol. The first-order valence-electron chi connectivity index (χ1n) is 8.14. The van der Waals surface area contributed by atoms with Crippen molar-refractivity contribution in [1.82, 2.24) is 9.78 Å². The lowest BCUT2D eigenvalue weighted by Gasteiger charge is -2.04. The number of carbonyl (C=O) groups is 1. The maximum absolute atomic E-state index is 12.6. The van der Waals surface area contributed by atoms with Crippen LogP contribution in [0.15, 0.2) is 54.6 Å². The van der Waals surface area contributed by atoms with Gasteiger partial charge in [0.05, 0.1) is 16.3 Å². The van der Waals surface area contributed by atoms with E-state index in [0.29, 0.717) is 9.90 Å². The Kier molecular flexibility index (Phi) is 4.26. The van der Waals surface area contributed by atoms with Gasteiger partial charge in [0.15, 0.2) is 0 Å². The topological polar surface area (TPSA) is 46.9 Å². The molecule has 4 aromatic rings. The molecule has 0 spiro atoms. The number of carbonyl (C=O) groups excluding carboxylic acids is 1. The molecule has 0 bridgehead atoms. The van der Waals surface area contributed by atoms with Gasteiger partial charge in [-0.15, -0.1) is 11.3 Å². The van der Waals surface area contributed by atoms with Crippen molar-refractivity contribution in [3.63, 3.8) is 0 Å². The third-order valence-electron chi connectivity index (χ3n) is 4.15. The second-order valence-electron chi connectivity index (χ2n) is 6.12. The van der Waals surface area contributed by atoms with Gasteiger partial charge in [0.25, 0.3) is 5.91 Å². The number of nitrogens with one attached hydrogen (secondary N) is 1. The smallest absolute Gasteiger partial charge is 0.265 e. The average Bonchev–Trinajstić information content (AvgIpc) is 3.19. The maximum Gasteiger partial charge on any atom is 0.265 e. The van der Waals surface area contributed by atoms with Crippen LogP contribution in [0.5, 0.6) is 0 Å². The Morgan fingerprint density at radius 1 is 1.08 bits per heavy atom. The SMILES string of the molecule is Cc1ccc(NC(=O)c2cc3c(C)nn(-c4ccc(Cl)cc4)c3s2)cc1. The number of hydrogen-bond acceptors (Lipinski definition) is 3. The van der Waals surface area contributed by atoms with Gasteiger partial charge >= 0.3 is 0 Å². The molecule has 0 atom stereocenters. The van der Waals surface area contributed by atoms with Crippen molar-refractivity contribution in [2.45, 2.75) is 13.8 Å². The van der Waals surface area contributed by atoms with E-state index in [0.717, 1.165) is 32.8 Å². The summed E-state index contributed by atoms with van der Waals surface area (Å²) in [4.78, 5) is 14.2. The summed E-state index contributed by atoms with van der Waals surface area (Å²) < 4.78 is 1.86. The molecule has 1 amide bonds. The lowest BCUT2D eigenvalue weighted by atomic mass is 10.2. The number of aryl methyl sites for hydroxylation is 2. The molecular weight excluding hydrogens is 366 g/mol. The number of aromatic nitrogens is 2. The summed E-state index contributed by atoms with van der Waals surface area (Å²) in [5.41, 5.74) is 3.75. The molecule has 0 radical (unpaired) electrons. The molecule has 2 aromatic carbocycles. The van der Waals surface area contributed by atoms with Crippen LogP contribution in [0.1, 0.15) is 20.9 Å². The molecule has 6 heteroatoms. The molecule has 0 saturated carbocycles. The highest BCUT2D eigenvalue weighted by Gasteiger charge is 2.17. The summed E-state index contributed by atoms with van der Waals surface area (Å²) in [6.45, 7) is 3.96. The van der Waals surface area contributed by atoms with Crippen LogP contribution in [-0.4, -0.2) is 15.7 Å². The van der Waals surface area contributed by atoms with Crippen molar-refractivity contribution in [2.75, 3.05) is 5.32 Å². The number of anilines is 1. The van der Waals surface area contributed by atoms with Crippen LogP contribution in [0, 0.1) is 13.8 Å². The van der Waals surface area contributed by atoms with E-state index >= 15 is 0 Å². The zero-order valence-corrected chi connectivity index (χ0v) is 15.9. The van der Waals surface area contributed by atoms with Gasteiger partial charge in [-0.25, -0.2) is 4.68 Å². The van der Waals surface area contributed by atoms with Gasteiger partial charge in [-0.3, -0.25) is 4.79 Å². The molecule has 2 heterocycles. The largest absolute Gasteiger partial charge is 0.321 e. The van der Waals surface area contributed by atoms with E-state index in [1.165, 1.54) is 11.3 Å². The quantitative estimate of drug-likeness (QED) is 0.501. The van der Waals surface area contributed by atoms with Crippen molar-refractivity contribution >= 4 is 44.7 Å². The summed E-state index contributed by atoms with van der Waals surface area (Å²) in [5, 5.41) is 9.21. The van der Waals surface area contributed by atoms with Gasteiger partial charge in [-0.05, 0) is 56.3 Å². The standard InChI is InChI=1S/C20H16ClN3OS/c1-12-3-7-15(8-4-12)22-19(25)18-11-17-13(2)23-24(20(17)26-18)16-9-5-14(21)6-10-16/h3-11H,1-2H3,(H,22,25). The van der Waals surface area contributed by atoms with Crippen LogP contribution in [0.25, 0.3) is 15.9 Å². The van der Waals surface area contributed by atoms with E-state index in [2.05, 4.69) is 10.4 Å². The maximum atomic E-state index is 12.6. The second kappa shape index (κ2) is 6.59. The summed E-state index contributed by atoms with van der Waals surface area (Å²) in [5.74, 6) is -0.114. The fourth-order valence-electron chi connectivity index (χ4n) is 2.75. The lowest BCUT2D eigenvalue weighted by Crippen LogP contribution is -2.10. The van der Waals surface area contributed by atoms with Gasteiger partial charge in [-0.1, -0.05) is 29.3 Å². The predicted molar refractivity (Wildman–Crippen MR) is 108 cm³/mol. The Morgan fingerprint density at radius 3 is 2.46 bits per heavy atom. The van der Waals surface area contributed by atoms with Gasteiger partial charge in [0.1, 0.15) is 4.83 Å². The summed E-state index contributed by atoms with van der Waals surface area (Å²) in [6, 6.07) is 17.2. The number of amides is 1. The Bertz CT molecular complexity index is 1090. The van der Waals surface area contributed by atoms with Crippen LogP contribution < -0.4 is 5.32 Å². The van der Waals surface area contributed by atoms with Gasteiger partial charge in [0.2, 0.25) is 0 Å². The average molecular weight is 382 g/mol. The molecule has 26 heavy (non-hydrogen) atoms. The summed E-state index contributed by atoms with van der Waals surface area (Å²) >= 11 is 7.40. The van der Waals surface area contributed by atoms with Crippen LogP contribution >= 0.6 is 22.9 Å². The number of hydrogen-bond donors (Lipinski definition) is 1. The molecule has 0 unspecified atom stereocenters. The predicted octanol–water partition coefficient (Wildman–Crippen LogP) is 5.61. The molecule has 0 saturated heterocycles. The molecule has 0 aliphatic rings. The number of thiophene rings is 1. The third kappa shape index (κ3) is 3.11. The van der Waals surface area contributed by atoms with Crippen LogP contribution in [0.4, 0.5) is 5.69 Å². The van der Waals surface area contributed by atoms with Crippen molar-refractivity contribution < 1.29 is 4.79 Å².